The van der Waals surface area contributed by atoms with Crippen molar-refractivity contribution in [3.05, 3.63) is 0 Å². The van der Waals surface area contributed by atoms with E-state index in [0.717, 1.165) is 25.8 Å². The summed E-state index contributed by atoms with van der Waals surface area (Å²) < 4.78 is 0. The zero-order valence-electron chi connectivity index (χ0n) is 6.22. The Labute approximate surface area is 67.8 Å². The van der Waals surface area contributed by atoms with Crippen molar-refractivity contribution in [2.24, 2.45) is 0 Å². The third-order valence-electron chi connectivity index (χ3n) is 1.79. The predicted octanol–water partition coefficient (Wildman–Crippen LogP) is 1.14. The molecule has 0 bridgehead atoms. The van der Waals surface area contributed by atoms with Crippen LogP contribution in [0.5, 0.6) is 0 Å². The van der Waals surface area contributed by atoms with E-state index in [-0.39, 0.29) is 18.4 Å². The molecule has 0 aliphatic carbocycles. The first-order chi connectivity index (χ1) is 4.34. The molecule has 1 aliphatic heterocycles. The summed E-state index contributed by atoms with van der Waals surface area (Å²) in [4.78, 5) is 11.0. The van der Waals surface area contributed by atoms with Crippen LogP contribution in [0, 0.1) is 0 Å². The average Bonchev–Trinajstić information content (AvgIpc) is 1.89. The van der Waals surface area contributed by atoms with Crippen molar-refractivity contribution in [1.29, 1.82) is 0 Å². The molecule has 1 unspecified atom stereocenters. The van der Waals surface area contributed by atoms with Crippen LogP contribution < -0.4 is 5.32 Å². The number of ketones is 1. The maximum Gasteiger partial charge on any atom is 0.149 e. The molecule has 10 heavy (non-hydrogen) atoms. The molecule has 2 nitrogen and oxygen atoms in total. The molecule has 0 aromatic carbocycles. The van der Waals surface area contributed by atoms with E-state index < -0.39 is 0 Å². The van der Waals surface area contributed by atoms with Gasteiger partial charge in [-0.3, -0.25) is 4.79 Å². The van der Waals surface area contributed by atoms with Gasteiger partial charge in [-0.05, 0) is 19.4 Å². The van der Waals surface area contributed by atoms with Crippen LogP contribution in [-0.4, -0.2) is 18.4 Å². The maximum absolute atomic E-state index is 11.0. The van der Waals surface area contributed by atoms with E-state index in [9.17, 15) is 4.79 Å². The first-order valence-corrected chi connectivity index (χ1v) is 3.60. The van der Waals surface area contributed by atoms with Gasteiger partial charge in [0, 0.05) is 6.42 Å². The molecular weight excluding hydrogens is 150 g/mol. The molecule has 0 saturated carbocycles. The standard InChI is InChI=1S/C7H13NO.ClH/c1-2-6-7(9)4-3-5-8-6;/h6,8H,2-5H2,1H3;1H. The fraction of sp³-hybridized carbons (Fsp3) is 0.857. The van der Waals surface area contributed by atoms with Crippen LogP contribution in [-0.2, 0) is 4.79 Å². The second kappa shape index (κ2) is 4.69. The highest BCUT2D eigenvalue weighted by Crippen LogP contribution is 2.04. The summed E-state index contributed by atoms with van der Waals surface area (Å²) in [5, 5.41) is 3.17. The van der Waals surface area contributed by atoms with E-state index in [1.165, 1.54) is 0 Å². The Morgan fingerprint density at radius 3 is 2.80 bits per heavy atom. The zero-order chi connectivity index (χ0) is 6.69. The summed E-state index contributed by atoms with van der Waals surface area (Å²) in [5.74, 6) is 0.392. The lowest BCUT2D eigenvalue weighted by molar-refractivity contribution is -0.122. The number of hydrogen-bond acceptors (Lipinski definition) is 2. The minimum atomic E-state index is 0. The molecule has 0 aromatic heterocycles. The molecule has 0 radical (unpaired) electrons. The third kappa shape index (κ3) is 2.27. The first kappa shape index (κ1) is 9.92. The summed E-state index contributed by atoms with van der Waals surface area (Å²) in [6.45, 7) is 3.06. The number of Topliss-reactive ketones (excluding diaryl/α,β-unsaturated/α-hetero) is 1. The van der Waals surface area contributed by atoms with Crippen molar-refractivity contribution >= 4 is 18.2 Å². The summed E-state index contributed by atoms with van der Waals surface area (Å²) in [6, 6.07) is 0.166. The third-order valence-corrected chi connectivity index (χ3v) is 1.79. The lowest BCUT2D eigenvalue weighted by atomic mass is 10.0. The molecule has 60 valence electrons. The molecule has 1 aliphatic rings. The van der Waals surface area contributed by atoms with Gasteiger partial charge in [0.25, 0.3) is 0 Å². The molecule has 3 heteroatoms. The Balaban J connectivity index is 0.000000810. The van der Waals surface area contributed by atoms with Gasteiger partial charge in [-0.2, -0.15) is 0 Å². The molecule has 1 heterocycles. The smallest absolute Gasteiger partial charge is 0.149 e. The van der Waals surface area contributed by atoms with Crippen LogP contribution >= 0.6 is 12.4 Å². The Kier molecular flexibility index (Phi) is 4.65. The fourth-order valence-electron chi connectivity index (χ4n) is 1.20. The minimum absolute atomic E-state index is 0. The second-order valence-electron chi connectivity index (χ2n) is 2.48. The lowest BCUT2D eigenvalue weighted by Crippen LogP contribution is -2.40. The van der Waals surface area contributed by atoms with Crippen molar-refractivity contribution in [1.82, 2.24) is 5.32 Å². The number of nitrogens with one attached hydrogen (secondary N) is 1. The number of rotatable bonds is 1. The van der Waals surface area contributed by atoms with Gasteiger partial charge in [-0.1, -0.05) is 6.92 Å². The minimum Gasteiger partial charge on any atom is -0.307 e. The topological polar surface area (TPSA) is 29.1 Å². The van der Waals surface area contributed by atoms with E-state index in [1.54, 1.807) is 0 Å². The number of hydrogen-bond donors (Lipinski definition) is 1. The highest BCUT2D eigenvalue weighted by atomic mass is 35.5. The molecule has 0 spiro atoms. The summed E-state index contributed by atoms with van der Waals surface area (Å²) in [7, 11) is 0. The Morgan fingerprint density at radius 1 is 1.70 bits per heavy atom. The van der Waals surface area contributed by atoms with E-state index >= 15 is 0 Å². The average molecular weight is 164 g/mol. The molecule has 1 fully saturated rings. The van der Waals surface area contributed by atoms with Crippen molar-refractivity contribution < 1.29 is 4.79 Å². The fourth-order valence-corrected chi connectivity index (χ4v) is 1.20. The predicted molar refractivity (Wildman–Crippen MR) is 43.6 cm³/mol. The van der Waals surface area contributed by atoms with Crippen molar-refractivity contribution in [2.45, 2.75) is 32.2 Å². The number of piperidine rings is 1. The Bertz CT molecular complexity index is 116. The van der Waals surface area contributed by atoms with Gasteiger partial charge < -0.3 is 5.32 Å². The zero-order valence-corrected chi connectivity index (χ0v) is 7.04. The summed E-state index contributed by atoms with van der Waals surface area (Å²) >= 11 is 0. The van der Waals surface area contributed by atoms with Crippen LogP contribution in [0.4, 0.5) is 0 Å². The molecular formula is C7H14ClNO. The van der Waals surface area contributed by atoms with Crippen molar-refractivity contribution in [3.8, 4) is 0 Å². The number of halogens is 1. The van der Waals surface area contributed by atoms with Crippen LogP contribution in [0.25, 0.3) is 0 Å². The van der Waals surface area contributed by atoms with Gasteiger partial charge in [0.2, 0.25) is 0 Å². The summed E-state index contributed by atoms with van der Waals surface area (Å²) in [5.41, 5.74) is 0. The first-order valence-electron chi connectivity index (χ1n) is 3.60. The maximum atomic E-state index is 11.0. The van der Waals surface area contributed by atoms with Crippen LogP contribution in [0.1, 0.15) is 26.2 Å². The number of carbonyl (C=O) groups is 1. The SMILES string of the molecule is CCC1NCCCC1=O.Cl. The van der Waals surface area contributed by atoms with E-state index in [0.29, 0.717) is 5.78 Å². The van der Waals surface area contributed by atoms with Crippen LogP contribution in [0.15, 0.2) is 0 Å². The van der Waals surface area contributed by atoms with Gasteiger partial charge >= 0.3 is 0 Å². The van der Waals surface area contributed by atoms with E-state index in [4.69, 9.17) is 0 Å². The van der Waals surface area contributed by atoms with Gasteiger partial charge in [-0.25, -0.2) is 0 Å². The van der Waals surface area contributed by atoms with Gasteiger partial charge in [-0.15, -0.1) is 12.4 Å². The van der Waals surface area contributed by atoms with Gasteiger partial charge in [0.15, 0.2) is 0 Å². The molecule has 1 atom stereocenters. The molecule has 0 amide bonds. The molecule has 1 rings (SSSR count). The monoisotopic (exact) mass is 163 g/mol. The van der Waals surface area contributed by atoms with Gasteiger partial charge in [0.05, 0.1) is 6.04 Å². The van der Waals surface area contributed by atoms with Crippen molar-refractivity contribution in [3.63, 3.8) is 0 Å². The normalized spacial score (nSPS) is 25.7. The Morgan fingerprint density at radius 2 is 2.40 bits per heavy atom. The molecule has 0 aromatic rings. The highest BCUT2D eigenvalue weighted by Gasteiger charge is 2.18. The molecule has 1 saturated heterocycles. The van der Waals surface area contributed by atoms with E-state index in [2.05, 4.69) is 5.32 Å². The summed E-state index contributed by atoms with van der Waals surface area (Å²) in [6.07, 6.45) is 2.75. The largest absolute Gasteiger partial charge is 0.307 e. The quantitative estimate of drug-likeness (QED) is 0.628. The molecule has 1 N–H and O–H groups in total. The van der Waals surface area contributed by atoms with Gasteiger partial charge in [0.1, 0.15) is 5.78 Å². The van der Waals surface area contributed by atoms with E-state index in [1.807, 2.05) is 6.92 Å². The van der Waals surface area contributed by atoms with Crippen LogP contribution in [0.3, 0.4) is 0 Å². The highest BCUT2D eigenvalue weighted by molar-refractivity contribution is 5.85. The van der Waals surface area contributed by atoms with Crippen LogP contribution in [0.2, 0.25) is 0 Å². The Hall–Kier alpha value is -0.0800. The lowest BCUT2D eigenvalue weighted by Gasteiger charge is -2.20. The number of carbonyl (C=O) groups excluding carboxylic acids is 1. The van der Waals surface area contributed by atoms with Crippen molar-refractivity contribution in [2.75, 3.05) is 6.54 Å². The second-order valence-corrected chi connectivity index (χ2v) is 2.48.